The summed E-state index contributed by atoms with van der Waals surface area (Å²) in [5.41, 5.74) is 0. The van der Waals surface area contributed by atoms with Gasteiger partial charge in [0, 0.05) is 32.2 Å². The molecule has 1 N–H and O–H groups in total. The van der Waals surface area contributed by atoms with Crippen molar-refractivity contribution in [3.63, 3.8) is 0 Å². The number of hydrogen-bond donors (Lipinski definition) is 1. The predicted molar refractivity (Wildman–Crippen MR) is 95.4 cm³/mol. The molecule has 1 heterocycles. The lowest BCUT2D eigenvalue weighted by Crippen LogP contribution is -2.52. The summed E-state index contributed by atoms with van der Waals surface area (Å²) in [5.74, 6) is 0. The molecule has 5 nitrogen and oxygen atoms in total. The van der Waals surface area contributed by atoms with Gasteiger partial charge in [-0.3, -0.25) is 4.90 Å². The second-order valence-corrected chi connectivity index (χ2v) is 8.13. The van der Waals surface area contributed by atoms with Crippen molar-refractivity contribution in [3.8, 4) is 0 Å². The Kier molecular flexibility index (Phi) is 5.20. The number of fused-ring (bicyclic) bond motifs is 1. The Balaban J connectivity index is 1.78. The highest BCUT2D eigenvalue weighted by molar-refractivity contribution is 7.89. The molecular weight excluding hydrogens is 324 g/mol. The molecule has 2 aromatic rings. The fourth-order valence-corrected chi connectivity index (χ4v) is 4.75. The number of sulfonamides is 1. The van der Waals surface area contributed by atoms with Crippen LogP contribution in [-0.4, -0.2) is 61.6 Å². The van der Waals surface area contributed by atoms with Crippen molar-refractivity contribution in [2.24, 2.45) is 0 Å². The van der Waals surface area contributed by atoms with Crippen molar-refractivity contribution < 1.29 is 13.5 Å². The van der Waals surface area contributed by atoms with E-state index in [1.54, 1.807) is 16.4 Å². The molecule has 1 aliphatic heterocycles. The fourth-order valence-electron chi connectivity index (χ4n) is 3.29. The Morgan fingerprint density at radius 1 is 1.04 bits per heavy atom. The summed E-state index contributed by atoms with van der Waals surface area (Å²) in [6.45, 7) is 4.40. The lowest BCUT2D eigenvalue weighted by atomic mass is 10.1. The largest absolute Gasteiger partial charge is 0.395 e. The minimum Gasteiger partial charge on any atom is -0.395 e. The third kappa shape index (κ3) is 3.32. The van der Waals surface area contributed by atoms with E-state index in [9.17, 15) is 13.5 Å². The molecule has 6 heteroatoms. The first-order valence-electron chi connectivity index (χ1n) is 8.40. The summed E-state index contributed by atoms with van der Waals surface area (Å²) in [5, 5.41) is 11.4. The zero-order valence-corrected chi connectivity index (χ0v) is 14.7. The van der Waals surface area contributed by atoms with Gasteiger partial charge in [0.05, 0.1) is 11.5 Å². The van der Waals surface area contributed by atoms with Gasteiger partial charge in [-0.15, -0.1) is 0 Å². The van der Waals surface area contributed by atoms with Crippen molar-refractivity contribution in [3.05, 3.63) is 42.5 Å². The maximum Gasteiger partial charge on any atom is 0.243 e. The number of aliphatic hydroxyl groups excluding tert-OH is 1. The molecule has 1 saturated heterocycles. The molecule has 0 amide bonds. The van der Waals surface area contributed by atoms with E-state index in [0.717, 1.165) is 17.2 Å². The van der Waals surface area contributed by atoms with Crippen LogP contribution in [-0.2, 0) is 10.0 Å². The van der Waals surface area contributed by atoms with Crippen LogP contribution >= 0.6 is 0 Å². The molecule has 0 aliphatic carbocycles. The Morgan fingerprint density at radius 3 is 2.33 bits per heavy atom. The first-order chi connectivity index (χ1) is 11.6. The Hall–Kier alpha value is -1.47. The molecule has 1 aliphatic rings. The van der Waals surface area contributed by atoms with Crippen molar-refractivity contribution in [1.82, 2.24) is 9.21 Å². The van der Waals surface area contributed by atoms with Gasteiger partial charge in [0.25, 0.3) is 0 Å². The summed E-state index contributed by atoms with van der Waals surface area (Å²) in [6.07, 6.45) is 0.869. The van der Waals surface area contributed by atoms with Gasteiger partial charge < -0.3 is 5.11 Å². The monoisotopic (exact) mass is 348 g/mol. The molecule has 0 saturated carbocycles. The zero-order chi connectivity index (χ0) is 17.2. The number of benzene rings is 2. The van der Waals surface area contributed by atoms with Crippen molar-refractivity contribution in [2.45, 2.75) is 24.3 Å². The van der Waals surface area contributed by atoms with Gasteiger partial charge in [0.15, 0.2) is 0 Å². The normalized spacial score (nSPS) is 18.8. The molecule has 0 spiro atoms. The van der Waals surface area contributed by atoms with Crippen LogP contribution in [0.25, 0.3) is 10.8 Å². The Morgan fingerprint density at radius 2 is 1.71 bits per heavy atom. The van der Waals surface area contributed by atoms with Gasteiger partial charge >= 0.3 is 0 Å². The van der Waals surface area contributed by atoms with E-state index < -0.39 is 10.0 Å². The number of rotatable bonds is 5. The summed E-state index contributed by atoms with van der Waals surface area (Å²) < 4.78 is 27.4. The number of aliphatic hydroxyl groups is 1. The van der Waals surface area contributed by atoms with E-state index in [4.69, 9.17) is 0 Å². The van der Waals surface area contributed by atoms with Crippen LogP contribution in [0.5, 0.6) is 0 Å². The standard InChI is InChI=1S/C18H24N2O3S/c1-2-17(14-21)19-9-11-20(12-10-19)24(22,23)18-8-7-15-5-3-4-6-16(15)13-18/h3-8,13,17,21H,2,9-12,14H2,1H3. The van der Waals surface area contributed by atoms with Gasteiger partial charge in [-0.1, -0.05) is 37.3 Å². The van der Waals surface area contributed by atoms with E-state index in [0.29, 0.717) is 31.1 Å². The summed E-state index contributed by atoms with van der Waals surface area (Å²) in [7, 11) is -3.47. The molecule has 2 aromatic carbocycles. The molecule has 0 radical (unpaired) electrons. The second kappa shape index (κ2) is 7.19. The summed E-state index contributed by atoms with van der Waals surface area (Å²) in [4.78, 5) is 2.52. The van der Waals surface area contributed by atoms with Crippen LogP contribution < -0.4 is 0 Å². The third-order valence-corrected chi connectivity index (χ3v) is 6.72. The molecule has 24 heavy (non-hydrogen) atoms. The van der Waals surface area contributed by atoms with Crippen molar-refractivity contribution >= 4 is 20.8 Å². The predicted octanol–water partition coefficient (Wildman–Crippen LogP) is 1.92. The average Bonchev–Trinajstić information content (AvgIpc) is 2.63. The highest BCUT2D eigenvalue weighted by Gasteiger charge is 2.30. The van der Waals surface area contributed by atoms with Crippen LogP contribution in [0, 0.1) is 0 Å². The molecule has 3 rings (SSSR count). The lowest BCUT2D eigenvalue weighted by Gasteiger charge is -2.37. The quantitative estimate of drug-likeness (QED) is 0.897. The Labute approximate surface area is 143 Å². The minimum atomic E-state index is -3.47. The minimum absolute atomic E-state index is 0.119. The van der Waals surface area contributed by atoms with E-state index in [-0.39, 0.29) is 12.6 Å². The molecule has 130 valence electrons. The smallest absolute Gasteiger partial charge is 0.243 e. The summed E-state index contributed by atoms with van der Waals surface area (Å²) in [6, 6.07) is 13.2. The maximum atomic E-state index is 12.9. The van der Waals surface area contributed by atoms with Crippen LogP contribution in [0.1, 0.15) is 13.3 Å². The van der Waals surface area contributed by atoms with Crippen LogP contribution in [0.2, 0.25) is 0 Å². The van der Waals surface area contributed by atoms with Gasteiger partial charge in [-0.25, -0.2) is 8.42 Å². The molecular formula is C18H24N2O3S. The number of nitrogens with zero attached hydrogens (tertiary/aromatic N) is 2. The topological polar surface area (TPSA) is 60.9 Å². The second-order valence-electron chi connectivity index (χ2n) is 6.19. The molecule has 1 unspecified atom stereocenters. The van der Waals surface area contributed by atoms with Gasteiger partial charge in [-0.2, -0.15) is 4.31 Å². The third-order valence-electron chi connectivity index (χ3n) is 4.83. The van der Waals surface area contributed by atoms with E-state index in [1.165, 1.54) is 0 Å². The average molecular weight is 348 g/mol. The lowest BCUT2D eigenvalue weighted by molar-refractivity contribution is 0.0881. The van der Waals surface area contributed by atoms with Crippen LogP contribution in [0.3, 0.4) is 0 Å². The molecule has 1 atom stereocenters. The first-order valence-corrected chi connectivity index (χ1v) is 9.84. The molecule has 0 aromatic heterocycles. The first kappa shape index (κ1) is 17.4. The van der Waals surface area contributed by atoms with E-state index in [1.807, 2.05) is 37.3 Å². The number of hydrogen-bond acceptors (Lipinski definition) is 4. The van der Waals surface area contributed by atoms with Gasteiger partial charge in [-0.05, 0) is 29.3 Å². The molecule has 0 bridgehead atoms. The fraction of sp³-hybridized carbons (Fsp3) is 0.444. The highest BCUT2D eigenvalue weighted by Crippen LogP contribution is 2.23. The zero-order valence-electron chi connectivity index (χ0n) is 13.9. The van der Waals surface area contributed by atoms with Crippen molar-refractivity contribution in [1.29, 1.82) is 0 Å². The maximum absolute atomic E-state index is 12.9. The SMILES string of the molecule is CCC(CO)N1CCN(S(=O)(=O)c2ccc3ccccc3c2)CC1. The van der Waals surface area contributed by atoms with Crippen LogP contribution in [0.4, 0.5) is 0 Å². The highest BCUT2D eigenvalue weighted by atomic mass is 32.2. The molecule has 1 fully saturated rings. The van der Waals surface area contributed by atoms with E-state index >= 15 is 0 Å². The van der Waals surface area contributed by atoms with Gasteiger partial charge in [0.1, 0.15) is 0 Å². The van der Waals surface area contributed by atoms with E-state index in [2.05, 4.69) is 4.90 Å². The van der Waals surface area contributed by atoms with Gasteiger partial charge in [0.2, 0.25) is 10.0 Å². The van der Waals surface area contributed by atoms with Crippen LogP contribution in [0.15, 0.2) is 47.4 Å². The van der Waals surface area contributed by atoms with Crippen molar-refractivity contribution in [2.75, 3.05) is 32.8 Å². The summed E-state index contributed by atoms with van der Waals surface area (Å²) >= 11 is 0. The Bertz CT molecular complexity index is 795. The number of piperazine rings is 1.